The van der Waals surface area contributed by atoms with Crippen molar-refractivity contribution in [3.63, 3.8) is 0 Å². The van der Waals surface area contributed by atoms with Crippen molar-refractivity contribution in [1.82, 2.24) is 9.36 Å². The van der Waals surface area contributed by atoms with Gasteiger partial charge in [-0.3, -0.25) is 0 Å². The standard InChI is InChI=1S/C3H3F2N3S/c4-1(5)2-7-3(6)9-8-2/h1H,(H2,6,7,8). The van der Waals surface area contributed by atoms with Gasteiger partial charge >= 0.3 is 0 Å². The minimum absolute atomic E-state index is 0.0744. The second kappa shape index (κ2) is 2.22. The number of rotatable bonds is 1. The summed E-state index contributed by atoms with van der Waals surface area (Å²) >= 11 is 0.769. The minimum atomic E-state index is -2.61. The maximum absolute atomic E-state index is 11.6. The molecule has 6 heteroatoms. The first-order chi connectivity index (χ1) is 4.20. The number of halogens is 2. The Morgan fingerprint density at radius 2 is 2.22 bits per heavy atom. The summed E-state index contributed by atoms with van der Waals surface area (Å²) in [6.07, 6.45) is -2.61. The van der Waals surface area contributed by atoms with E-state index in [9.17, 15) is 8.78 Å². The van der Waals surface area contributed by atoms with Crippen molar-refractivity contribution in [2.45, 2.75) is 6.43 Å². The predicted molar refractivity (Wildman–Crippen MR) is 29.3 cm³/mol. The van der Waals surface area contributed by atoms with Crippen molar-refractivity contribution in [1.29, 1.82) is 0 Å². The van der Waals surface area contributed by atoms with Gasteiger partial charge in [0, 0.05) is 11.5 Å². The Labute approximate surface area is 53.7 Å². The van der Waals surface area contributed by atoms with Gasteiger partial charge in [0.25, 0.3) is 6.43 Å². The van der Waals surface area contributed by atoms with E-state index in [4.69, 9.17) is 5.73 Å². The van der Waals surface area contributed by atoms with Gasteiger partial charge < -0.3 is 5.73 Å². The smallest absolute Gasteiger partial charge is 0.298 e. The van der Waals surface area contributed by atoms with E-state index in [2.05, 4.69) is 9.36 Å². The van der Waals surface area contributed by atoms with Crippen LogP contribution in [0.1, 0.15) is 12.2 Å². The van der Waals surface area contributed by atoms with Crippen molar-refractivity contribution < 1.29 is 8.78 Å². The summed E-state index contributed by atoms with van der Waals surface area (Å²) in [5.74, 6) is -0.488. The van der Waals surface area contributed by atoms with Crippen molar-refractivity contribution in [3.05, 3.63) is 5.82 Å². The molecule has 0 aliphatic heterocycles. The second-order valence-electron chi connectivity index (χ2n) is 1.29. The summed E-state index contributed by atoms with van der Waals surface area (Å²) in [4.78, 5) is 3.25. The molecule has 0 aliphatic rings. The van der Waals surface area contributed by atoms with Crippen molar-refractivity contribution in [2.75, 3.05) is 5.73 Å². The number of nitrogens with zero attached hydrogens (tertiary/aromatic N) is 2. The molecule has 0 spiro atoms. The Morgan fingerprint density at radius 1 is 1.56 bits per heavy atom. The van der Waals surface area contributed by atoms with E-state index in [0.717, 1.165) is 11.5 Å². The number of hydrogen-bond acceptors (Lipinski definition) is 4. The van der Waals surface area contributed by atoms with Crippen LogP contribution in [0.2, 0.25) is 0 Å². The van der Waals surface area contributed by atoms with Crippen LogP contribution < -0.4 is 5.73 Å². The highest BCUT2D eigenvalue weighted by atomic mass is 32.1. The maximum Gasteiger partial charge on any atom is 0.298 e. The van der Waals surface area contributed by atoms with E-state index < -0.39 is 12.2 Å². The number of nitrogen functional groups attached to an aromatic ring is 1. The van der Waals surface area contributed by atoms with Crippen molar-refractivity contribution >= 4 is 16.7 Å². The fourth-order valence-electron chi connectivity index (χ4n) is 0.336. The zero-order valence-electron chi connectivity index (χ0n) is 4.21. The highest BCUT2D eigenvalue weighted by molar-refractivity contribution is 7.09. The lowest BCUT2D eigenvalue weighted by Gasteiger charge is -1.84. The van der Waals surface area contributed by atoms with Crippen molar-refractivity contribution in [3.8, 4) is 0 Å². The van der Waals surface area contributed by atoms with Gasteiger partial charge in [0.1, 0.15) is 0 Å². The molecule has 0 unspecified atom stereocenters. The number of nitrogens with two attached hydrogens (primary N) is 1. The Balaban J connectivity index is 2.85. The molecule has 0 aliphatic carbocycles. The van der Waals surface area contributed by atoms with E-state index >= 15 is 0 Å². The normalized spacial score (nSPS) is 10.6. The zero-order valence-corrected chi connectivity index (χ0v) is 5.03. The van der Waals surface area contributed by atoms with Gasteiger partial charge in [-0.25, -0.2) is 8.78 Å². The molecule has 0 saturated heterocycles. The van der Waals surface area contributed by atoms with Crippen LogP contribution in [0.5, 0.6) is 0 Å². The number of hydrogen-bond donors (Lipinski definition) is 1. The van der Waals surface area contributed by atoms with Crippen LogP contribution in [0.3, 0.4) is 0 Å². The summed E-state index contributed by atoms with van der Waals surface area (Å²) < 4.78 is 26.5. The molecule has 0 atom stereocenters. The Morgan fingerprint density at radius 3 is 2.44 bits per heavy atom. The van der Waals surface area contributed by atoms with Gasteiger partial charge in [-0.05, 0) is 0 Å². The molecule has 9 heavy (non-hydrogen) atoms. The predicted octanol–water partition coefficient (Wildman–Crippen LogP) is 1.06. The fraction of sp³-hybridized carbons (Fsp3) is 0.333. The van der Waals surface area contributed by atoms with Crippen molar-refractivity contribution in [2.24, 2.45) is 0 Å². The van der Waals surface area contributed by atoms with Gasteiger partial charge in [0.2, 0.25) is 5.82 Å². The van der Waals surface area contributed by atoms with E-state index in [1.165, 1.54) is 0 Å². The van der Waals surface area contributed by atoms with E-state index in [1.54, 1.807) is 0 Å². The Bertz CT molecular complexity index is 199. The molecule has 1 aromatic rings. The average Bonchev–Trinajstić information content (AvgIpc) is 2.14. The first kappa shape index (κ1) is 6.34. The monoisotopic (exact) mass is 151 g/mol. The molecule has 0 bridgehead atoms. The van der Waals surface area contributed by atoms with Crippen LogP contribution in [0, 0.1) is 0 Å². The molecular formula is C3H3F2N3S. The number of alkyl halides is 2. The molecule has 2 N–H and O–H groups in total. The SMILES string of the molecule is Nc1nc(C(F)F)ns1. The zero-order chi connectivity index (χ0) is 6.85. The molecular weight excluding hydrogens is 148 g/mol. The van der Waals surface area contributed by atoms with Gasteiger partial charge in [0.15, 0.2) is 5.13 Å². The summed E-state index contributed by atoms with van der Waals surface area (Å²) in [7, 11) is 0. The average molecular weight is 151 g/mol. The van der Waals surface area contributed by atoms with Crippen LogP contribution in [-0.2, 0) is 0 Å². The van der Waals surface area contributed by atoms with Crippen LogP contribution in [0.4, 0.5) is 13.9 Å². The van der Waals surface area contributed by atoms with E-state index in [-0.39, 0.29) is 5.13 Å². The van der Waals surface area contributed by atoms with Crippen LogP contribution in [0.25, 0.3) is 0 Å². The van der Waals surface area contributed by atoms with E-state index in [0.29, 0.717) is 0 Å². The third kappa shape index (κ3) is 1.32. The van der Waals surface area contributed by atoms with E-state index in [1.807, 2.05) is 0 Å². The number of anilines is 1. The third-order valence-electron chi connectivity index (χ3n) is 0.653. The van der Waals surface area contributed by atoms with Crippen LogP contribution in [0.15, 0.2) is 0 Å². The lowest BCUT2D eigenvalue weighted by atomic mass is 10.7. The highest BCUT2D eigenvalue weighted by Crippen LogP contribution is 2.17. The van der Waals surface area contributed by atoms with Gasteiger partial charge in [0.05, 0.1) is 0 Å². The summed E-state index contributed by atoms with van der Waals surface area (Å²) in [6.45, 7) is 0. The van der Waals surface area contributed by atoms with Crippen LogP contribution >= 0.6 is 11.5 Å². The molecule has 3 nitrogen and oxygen atoms in total. The quantitative estimate of drug-likeness (QED) is 0.652. The molecule has 1 heterocycles. The Kier molecular flexibility index (Phi) is 1.56. The second-order valence-corrected chi connectivity index (χ2v) is 2.07. The topological polar surface area (TPSA) is 51.8 Å². The summed E-state index contributed by atoms with van der Waals surface area (Å²) in [6, 6.07) is 0. The molecule has 0 radical (unpaired) electrons. The molecule has 50 valence electrons. The fourth-order valence-corrected chi connectivity index (χ4v) is 0.778. The Hall–Kier alpha value is -0.780. The largest absolute Gasteiger partial charge is 0.374 e. The molecule has 1 rings (SSSR count). The first-order valence-electron chi connectivity index (χ1n) is 2.07. The molecule has 0 aromatic carbocycles. The summed E-state index contributed by atoms with van der Waals surface area (Å²) in [5.41, 5.74) is 5.03. The molecule has 0 saturated carbocycles. The first-order valence-corrected chi connectivity index (χ1v) is 2.84. The molecule has 0 fully saturated rings. The highest BCUT2D eigenvalue weighted by Gasteiger charge is 2.11. The lowest BCUT2D eigenvalue weighted by molar-refractivity contribution is 0.142. The van der Waals surface area contributed by atoms with Gasteiger partial charge in [-0.15, -0.1) is 0 Å². The number of aromatic nitrogens is 2. The van der Waals surface area contributed by atoms with Gasteiger partial charge in [-0.1, -0.05) is 0 Å². The summed E-state index contributed by atoms with van der Waals surface area (Å²) in [5, 5.41) is 0.0744. The maximum atomic E-state index is 11.6. The molecule has 0 amide bonds. The third-order valence-corrected chi connectivity index (χ3v) is 1.21. The molecule has 1 aromatic heterocycles. The lowest BCUT2D eigenvalue weighted by Crippen LogP contribution is -1.87. The van der Waals surface area contributed by atoms with Crippen LogP contribution in [-0.4, -0.2) is 9.36 Å². The minimum Gasteiger partial charge on any atom is -0.374 e. The van der Waals surface area contributed by atoms with Gasteiger partial charge in [-0.2, -0.15) is 9.36 Å².